The highest BCUT2D eigenvalue weighted by atomic mass is 79.9. The normalized spacial score (nSPS) is 15.7. The predicted molar refractivity (Wildman–Crippen MR) is 150 cm³/mol. The first-order valence-corrected chi connectivity index (χ1v) is 12.5. The van der Waals surface area contributed by atoms with E-state index >= 15 is 0 Å². The Morgan fingerprint density at radius 3 is 1.89 bits per heavy atom. The fourth-order valence-electron chi connectivity index (χ4n) is 3.29. The SMILES string of the molecule is C#CB(C)C.Cc1ccn2c(B3OC(C)(C)C(C)(C)O3)cnc2c1.Cc1ccn2c(Br)cnc2c1. The van der Waals surface area contributed by atoms with E-state index in [0.717, 1.165) is 21.5 Å². The number of halogens is 1. The van der Waals surface area contributed by atoms with Gasteiger partial charge in [0.2, 0.25) is 6.71 Å². The average Bonchev–Trinajstić information content (AvgIpc) is 3.42. The molecule has 0 saturated carbocycles. The molecular formula is C26H33B2BrN4O2. The molecule has 35 heavy (non-hydrogen) atoms. The van der Waals surface area contributed by atoms with Crippen LogP contribution in [0.25, 0.3) is 11.3 Å². The summed E-state index contributed by atoms with van der Waals surface area (Å²) < 4.78 is 17.1. The molecule has 5 heterocycles. The summed E-state index contributed by atoms with van der Waals surface area (Å²) in [4.78, 5) is 8.62. The van der Waals surface area contributed by atoms with Gasteiger partial charge in [-0.2, -0.15) is 5.82 Å². The standard InChI is InChI=1S/C14H19BN2O2.C8H7BrN2.C4H7B/c1-10-6-7-17-11(9-16-12(17)8-10)15-18-13(2,3)14(4,5)19-15;1-6-2-3-11-7(9)5-10-8(11)4-6;1-4-5(2)3/h6-9H,1-5H3;2-5H,1H3;1H,2-3H3. The molecule has 4 aromatic heterocycles. The zero-order valence-corrected chi connectivity index (χ0v) is 23.4. The molecule has 9 heteroatoms. The topological polar surface area (TPSA) is 53.1 Å². The molecule has 0 atom stereocenters. The lowest BCUT2D eigenvalue weighted by Gasteiger charge is -2.32. The predicted octanol–water partition coefficient (Wildman–Crippen LogP) is 5.26. The Kier molecular flexibility index (Phi) is 8.21. The summed E-state index contributed by atoms with van der Waals surface area (Å²) in [6, 6.07) is 8.21. The van der Waals surface area contributed by atoms with Crippen LogP contribution in [0.15, 0.2) is 53.7 Å². The number of fused-ring (bicyclic) bond motifs is 2. The third-order valence-electron chi connectivity index (χ3n) is 6.15. The lowest BCUT2D eigenvalue weighted by atomic mass is 9.56. The Hall–Kier alpha value is -2.53. The van der Waals surface area contributed by atoms with Crippen molar-refractivity contribution in [1.29, 1.82) is 0 Å². The summed E-state index contributed by atoms with van der Waals surface area (Å²) in [5.41, 5.74) is 4.61. The van der Waals surface area contributed by atoms with Gasteiger partial charge >= 0.3 is 7.12 Å². The molecule has 182 valence electrons. The number of aryl methyl sites for hydroxylation is 2. The largest absolute Gasteiger partial charge is 0.514 e. The molecule has 6 nitrogen and oxygen atoms in total. The maximum absolute atomic E-state index is 6.06. The van der Waals surface area contributed by atoms with E-state index in [1.807, 2.05) is 47.1 Å². The second-order valence-corrected chi connectivity index (χ2v) is 10.9. The van der Waals surface area contributed by atoms with Gasteiger partial charge < -0.3 is 13.7 Å². The van der Waals surface area contributed by atoms with Crippen molar-refractivity contribution in [1.82, 2.24) is 18.8 Å². The molecule has 5 rings (SSSR count). The van der Waals surface area contributed by atoms with E-state index in [4.69, 9.17) is 15.7 Å². The van der Waals surface area contributed by atoms with Crippen molar-refractivity contribution < 1.29 is 9.31 Å². The van der Waals surface area contributed by atoms with Gasteiger partial charge in [-0.3, -0.25) is 4.40 Å². The van der Waals surface area contributed by atoms with Gasteiger partial charge in [0.1, 0.15) is 15.9 Å². The fraction of sp³-hybridized carbons (Fsp3) is 0.385. The number of nitrogens with zero attached hydrogens (tertiary/aromatic N) is 4. The van der Waals surface area contributed by atoms with Gasteiger partial charge in [-0.15, -0.1) is 6.42 Å². The highest BCUT2D eigenvalue weighted by Crippen LogP contribution is 2.36. The third-order valence-corrected chi connectivity index (χ3v) is 6.74. The third kappa shape index (κ3) is 6.19. The van der Waals surface area contributed by atoms with Crippen LogP contribution in [0.5, 0.6) is 0 Å². The summed E-state index contributed by atoms with van der Waals surface area (Å²) in [7, 11) is -0.372. The second kappa shape index (κ2) is 10.6. The highest BCUT2D eigenvalue weighted by molar-refractivity contribution is 9.10. The number of pyridine rings is 2. The van der Waals surface area contributed by atoms with Crippen molar-refractivity contribution in [3.8, 4) is 12.2 Å². The van der Waals surface area contributed by atoms with E-state index < -0.39 is 0 Å². The van der Waals surface area contributed by atoms with Crippen LogP contribution in [0.1, 0.15) is 38.8 Å². The Morgan fingerprint density at radius 2 is 1.37 bits per heavy atom. The van der Waals surface area contributed by atoms with Gasteiger partial charge in [0.15, 0.2) is 0 Å². The molecule has 1 aliphatic rings. The summed E-state index contributed by atoms with van der Waals surface area (Å²) in [6.45, 7) is 16.7. The number of aromatic nitrogens is 4. The summed E-state index contributed by atoms with van der Waals surface area (Å²) in [5, 5.41) is 0. The second-order valence-electron chi connectivity index (χ2n) is 10.0. The number of terminal acetylenes is 1. The summed E-state index contributed by atoms with van der Waals surface area (Å²) in [5.74, 6) is 2.53. The van der Waals surface area contributed by atoms with Gasteiger partial charge in [0.25, 0.3) is 0 Å². The Morgan fingerprint density at radius 1 is 0.914 bits per heavy atom. The van der Waals surface area contributed by atoms with Crippen LogP contribution >= 0.6 is 15.9 Å². The van der Waals surface area contributed by atoms with E-state index in [1.165, 1.54) is 11.1 Å². The maximum Gasteiger partial charge on any atom is 0.514 e. The van der Waals surface area contributed by atoms with Gasteiger partial charge in [-0.05, 0) is 92.9 Å². The Labute approximate surface area is 217 Å². The molecule has 1 aliphatic heterocycles. The zero-order valence-electron chi connectivity index (χ0n) is 21.8. The van der Waals surface area contributed by atoms with Crippen molar-refractivity contribution in [3.63, 3.8) is 0 Å². The van der Waals surface area contributed by atoms with Crippen LogP contribution in [0.4, 0.5) is 0 Å². The number of hydrogen-bond donors (Lipinski definition) is 0. The molecule has 0 aliphatic carbocycles. The van der Waals surface area contributed by atoms with Crippen molar-refractivity contribution in [2.75, 3.05) is 0 Å². The molecule has 4 aromatic rings. The molecule has 1 fully saturated rings. The van der Waals surface area contributed by atoms with E-state index in [-0.39, 0.29) is 18.3 Å². The van der Waals surface area contributed by atoms with Crippen LogP contribution < -0.4 is 5.59 Å². The average molecular weight is 535 g/mol. The lowest BCUT2D eigenvalue weighted by Crippen LogP contribution is -2.41. The minimum atomic E-state index is -0.372. The molecule has 0 N–H and O–H groups in total. The minimum absolute atomic E-state index is 0.327. The van der Waals surface area contributed by atoms with Gasteiger partial charge in [-0.1, -0.05) is 13.6 Å². The number of imidazole rings is 2. The Bertz CT molecular complexity index is 1340. The zero-order chi connectivity index (χ0) is 26.0. The van der Waals surface area contributed by atoms with Crippen LogP contribution in [0, 0.1) is 26.1 Å². The fourth-order valence-corrected chi connectivity index (χ4v) is 3.69. The van der Waals surface area contributed by atoms with E-state index in [9.17, 15) is 0 Å². The van der Waals surface area contributed by atoms with Gasteiger partial charge in [-0.25, -0.2) is 9.97 Å². The van der Waals surface area contributed by atoms with Gasteiger partial charge in [0, 0.05) is 18.6 Å². The van der Waals surface area contributed by atoms with Crippen LogP contribution in [0.3, 0.4) is 0 Å². The van der Waals surface area contributed by atoms with E-state index in [0.29, 0.717) is 6.71 Å². The molecule has 0 spiro atoms. The molecule has 1 saturated heterocycles. The molecule has 0 aromatic carbocycles. The molecule has 0 radical (unpaired) electrons. The maximum atomic E-state index is 6.06. The summed E-state index contributed by atoms with van der Waals surface area (Å²) in [6.07, 6.45) is 12.6. The van der Waals surface area contributed by atoms with Crippen LogP contribution in [-0.2, 0) is 9.31 Å². The van der Waals surface area contributed by atoms with Gasteiger partial charge in [0.05, 0.1) is 23.0 Å². The number of hydrogen-bond acceptors (Lipinski definition) is 4. The molecule has 0 unspecified atom stereocenters. The smallest absolute Gasteiger partial charge is 0.398 e. The first-order chi connectivity index (χ1) is 16.3. The highest BCUT2D eigenvalue weighted by Gasteiger charge is 2.52. The lowest BCUT2D eigenvalue weighted by molar-refractivity contribution is 0.00578. The molecular weight excluding hydrogens is 502 g/mol. The molecule has 0 bridgehead atoms. The van der Waals surface area contributed by atoms with Crippen molar-refractivity contribution in [2.24, 2.45) is 0 Å². The van der Waals surface area contributed by atoms with Crippen LogP contribution in [-0.4, -0.2) is 43.8 Å². The first kappa shape index (κ1) is 27.1. The van der Waals surface area contributed by atoms with Crippen molar-refractivity contribution >= 4 is 46.6 Å². The molecule has 0 amide bonds. The quantitative estimate of drug-likeness (QED) is 0.247. The monoisotopic (exact) mass is 534 g/mol. The van der Waals surface area contributed by atoms with Crippen molar-refractivity contribution in [2.45, 2.75) is 66.4 Å². The first-order valence-electron chi connectivity index (χ1n) is 11.7. The minimum Gasteiger partial charge on any atom is -0.398 e. The Balaban J connectivity index is 0.000000180. The van der Waals surface area contributed by atoms with Crippen LogP contribution in [0.2, 0.25) is 13.6 Å². The van der Waals surface area contributed by atoms with E-state index in [2.05, 4.69) is 91.5 Å². The van der Waals surface area contributed by atoms with Crippen molar-refractivity contribution in [3.05, 3.63) is 64.8 Å². The number of rotatable bonds is 1. The summed E-state index contributed by atoms with van der Waals surface area (Å²) >= 11 is 3.39. The van der Waals surface area contributed by atoms with E-state index in [1.54, 1.807) is 6.20 Å².